The molecule has 0 N–H and O–H groups in total. The van der Waals surface area contributed by atoms with Crippen molar-refractivity contribution in [3.8, 4) is 11.1 Å². The van der Waals surface area contributed by atoms with Crippen LogP contribution in [0.1, 0.15) is 34.1 Å². The molecule has 2 amide bonds. The van der Waals surface area contributed by atoms with Gasteiger partial charge in [0, 0.05) is 25.2 Å². The predicted octanol–water partition coefficient (Wildman–Crippen LogP) is 3.99. The van der Waals surface area contributed by atoms with Crippen LogP contribution in [-0.4, -0.2) is 60.9 Å². The number of hydrogen-bond acceptors (Lipinski definition) is 4. The van der Waals surface area contributed by atoms with E-state index in [1.807, 2.05) is 60.4 Å². The van der Waals surface area contributed by atoms with E-state index in [1.54, 1.807) is 17.0 Å². The van der Waals surface area contributed by atoms with E-state index >= 15 is 0 Å². The Bertz CT molecular complexity index is 1170. The first kappa shape index (κ1) is 21.6. The van der Waals surface area contributed by atoms with Gasteiger partial charge in [-0.15, -0.1) is 0 Å². The molecule has 1 aliphatic rings. The topological polar surface area (TPSA) is 66.9 Å². The summed E-state index contributed by atoms with van der Waals surface area (Å²) < 4.78 is 4.77. The molecule has 32 heavy (non-hydrogen) atoms. The van der Waals surface area contributed by atoms with Crippen molar-refractivity contribution in [3.05, 3.63) is 71.8 Å². The zero-order chi connectivity index (χ0) is 22.7. The van der Waals surface area contributed by atoms with Crippen LogP contribution in [0.3, 0.4) is 0 Å². The molecule has 1 heterocycles. The third-order valence-corrected chi connectivity index (χ3v) is 5.87. The van der Waals surface area contributed by atoms with Crippen LogP contribution in [0.5, 0.6) is 0 Å². The Morgan fingerprint density at radius 1 is 0.938 bits per heavy atom. The average Bonchev–Trinajstić information content (AvgIpc) is 2.84. The van der Waals surface area contributed by atoms with E-state index < -0.39 is 0 Å². The predicted molar refractivity (Wildman–Crippen MR) is 123 cm³/mol. The van der Waals surface area contributed by atoms with Gasteiger partial charge in [0.15, 0.2) is 0 Å². The smallest absolute Gasteiger partial charge is 0.337 e. The summed E-state index contributed by atoms with van der Waals surface area (Å²) in [6.07, 6.45) is 0.909. The van der Waals surface area contributed by atoms with Crippen LogP contribution in [0.25, 0.3) is 21.9 Å². The molecule has 0 aromatic heterocycles. The molecule has 1 fully saturated rings. The van der Waals surface area contributed by atoms with Crippen molar-refractivity contribution in [2.75, 3.05) is 33.3 Å². The summed E-state index contributed by atoms with van der Waals surface area (Å²) in [4.78, 5) is 41.0. The van der Waals surface area contributed by atoms with E-state index in [0.717, 1.165) is 34.9 Å². The van der Waals surface area contributed by atoms with Crippen LogP contribution in [0.4, 0.5) is 0 Å². The summed E-state index contributed by atoms with van der Waals surface area (Å²) in [6, 6.07) is 18.7. The van der Waals surface area contributed by atoms with Crippen LogP contribution in [0.2, 0.25) is 0 Å². The lowest BCUT2D eigenvalue weighted by Gasteiger charge is -2.34. The minimum absolute atomic E-state index is 0.00179. The number of carbonyl (C=O) groups is 3. The quantitative estimate of drug-likeness (QED) is 0.574. The highest BCUT2D eigenvalue weighted by molar-refractivity contribution is 6.11. The SMILES string of the molecule is CCCN1CCN(C(=O)c2cccc3c(-c4ccc(C(=O)OC)cc4)cccc23)CC1=O. The highest BCUT2D eigenvalue weighted by Gasteiger charge is 2.28. The molecule has 0 bridgehead atoms. The second-order valence-corrected chi connectivity index (χ2v) is 7.88. The second kappa shape index (κ2) is 9.22. The lowest BCUT2D eigenvalue weighted by molar-refractivity contribution is -0.135. The molecule has 3 aromatic rings. The van der Waals surface area contributed by atoms with Crippen LogP contribution in [-0.2, 0) is 9.53 Å². The minimum Gasteiger partial charge on any atom is -0.465 e. The molecule has 0 unspecified atom stereocenters. The maximum absolute atomic E-state index is 13.3. The highest BCUT2D eigenvalue weighted by atomic mass is 16.5. The fourth-order valence-corrected chi connectivity index (χ4v) is 4.21. The van der Waals surface area contributed by atoms with E-state index in [4.69, 9.17) is 4.74 Å². The maximum atomic E-state index is 13.3. The standard InChI is InChI=1S/C26H26N2O4/c1-3-14-27-15-16-28(17-24(27)29)25(30)23-9-5-7-21-20(6-4-8-22(21)23)18-10-12-19(13-11-18)26(31)32-2/h4-13H,3,14-17H2,1-2H3. The largest absolute Gasteiger partial charge is 0.465 e. The molecule has 164 valence electrons. The van der Waals surface area contributed by atoms with E-state index in [-0.39, 0.29) is 24.3 Å². The van der Waals surface area contributed by atoms with E-state index in [2.05, 4.69) is 0 Å². The van der Waals surface area contributed by atoms with Crippen molar-refractivity contribution >= 4 is 28.6 Å². The Balaban J connectivity index is 1.66. The minimum atomic E-state index is -0.379. The zero-order valence-corrected chi connectivity index (χ0v) is 18.3. The van der Waals surface area contributed by atoms with Gasteiger partial charge in [0.1, 0.15) is 6.54 Å². The number of methoxy groups -OCH3 is 1. The molecule has 6 nitrogen and oxygen atoms in total. The number of amides is 2. The fraction of sp³-hybridized carbons (Fsp3) is 0.269. The van der Waals surface area contributed by atoms with Crippen molar-refractivity contribution in [1.82, 2.24) is 9.80 Å². The van der Waals surface area contributed by atoms with Crippen molar-refractivity contribution in [1.29, 1.82) is 0 Å². The number of piperazine rings is 1. The number of fused-ring (bicyclic) bond motifs is 1. The lowest BCUT2D eigenvalue weighted by atomic mass is 9.94. The number of hydrogen-bond donors (Lipinski definition) is 0. The fourth-order valence-electron chi connectivity index (χ4n) is 4.21. The maximum Gasteiger partial charge on any atom is 0.337 e. The van der Waals surface area contributed by atoms with Gasteiger partial charge in [0.25, 0.3) is 5.91 Å². The number of carbonyl (C=O) groups excluding carboxylic acids is 3. The van der Waals surface area contributed by atoms with E-state index in [0.29, 0.717) is 24.2 Å². The van der Waals surface area contributed by atoms with Gasteiger partial charge in [0.2, 0.25) is 5.91 Å². The molecule has 0 spiro atoms. The van der Waals surface area contributed by atoms with Crippen molar-refractivity contribution < 1.29 is 19.1 Å². The molecule has 1 saturated heterocycles. The van der Waals surface area contributed by atoms with Gasteiger partial charge < -0.3 is 14.5 Å². The second-order valence-electron chi connectivity index (χ2n) is 7.88. The summed E-state index contributed by atoms with van der Waals surface area (Å²) in [6.45, 7) is 4.00. The summed E-state index contributed by atoms with van der Waals surface area (Å²) in [5.74, 6) is -0.507. The van der Waals surface area contributed by atoms with Crippen LogP contribution >= 0.6 is 0 Å². The molecule has 1 aliphatic heterocycles. The van der Waals surface area contributed by atoms with E-state index in [9.17, 15) is 14.4 Å². The first-order valence-corrected chi connectivity index (χ1v) is 10.8. The van der Waals surface area contributed by atoms with Crippen molar-refractivity contribution in [2.24, 2.45) is 0 Å². The van der Waals surface area contributed by atoms with Gasteiger partial charge in [0.05, 0.1) is 12.7 Å². The van der Waals surface area contributed by atoms with Crippen LogP contribution in [0.15, 0.2) is 60.7 Å². The Morgan fingerprint density at radius 2 is 1.66 bits per heavy atom. The van der Waals surface area contributed by atoms with Gasteiger partial charge in [-0.05, 0) is 46.5 Å². The van der Waals surface area contributed by atoms with Crippen molar-refractivity contribution in [3.63, 3.8) is 0 Å². The Kier molecular flexibility index (Phi) is 6.21. The Labute approximate surface area is 187 Å². The van der Waals surface area contributed by atoms with Crippen molar-refractivity contribution in [2.45, 2.75) is 13.3 Å². The molecule has 0 radical (unpaired) electrons. The van der Waals surface area contributed by atoms with Gasteiger partial charge in [-0.2, -0.15) is 0 Å². The molecule has 6 heteroatoms. The molecule has 3 aromatic carbocycles. The van der Waals surface area contributed by atoms with Gasteiger partial charge in [-0.3, -0.25) is 9.59 Å². The molecule has 0 atom stereocenters. The monoisotopic (exact) mass is 430 g/mol. The number of ether oxygens (including phenoxy) is 1. The number of benzene rings is 3. The summed E-state index contributed by atoms with van der Waals surface area (Å²) in [7, 11) is 1.36. The average molecular weight is 431 g/mol. The Hall–Kier alpha value is -3.67. The van der Waals surface area contributed by atoms with E-state index in [1.165, 1.54) is 7.11 Å². The number of nitrogens with zero attached hydrogens (tertiary/aromatic N) is 2. The highest BCUT2D eigenvalue weighted by Crippen LogP contribution is 2.31. The van der Waals surface area contributed by atoms with Crippen LogP contribution < -0.4 is 0 Å². The summed E-state index contributed by atoms with van der Waals surface area (Å²) >= 11 is 0. The third-order valence-electron chi connectivity index (χ3n) is 5.87. The summed E-state index contributed by atoms with van der Waals surface area (Å²) in [5.41, 5.74) is 2.99. The third kappa shape index (κ3) is 4.08. The van der Waals surface area contributed by atoms with Crippen LogP contribution in [0, 0.1) is 0 Å². The van der Waals surface area contributed by atoms with Gasteiger partial charge in [-0.1, -0.05) is 49.4 Å². The molecule has 4 rings (SSSR count). The summed E-state index contributed by atoms with van der Waals surface area (Å²) in [5, 5.41) is 1.79. The first-order chi connectivity index (χ1) is 15.5. The zero-order valence-electron chi connectivity index (χ0n) is 18.3. The first-order valence-electron chi connectivity index (χ1n) is 10.8. The molecule has 0 saturated carbocycles. The lowest BCUT2D eigenvalue weighted by Crippen LogP contribution is -2.52. The molecular formula is C26H26N2O4. The number of rotatable bonds is 5. The van der Waals surface area contributed by atoms with Gasteiger partial charge >= 0.3 is 5.97 Å². The number of esters is 1. The molecule has 0 aliphatic carbocycles. The van der Waals surface area contributed by atoms with Gasteiger partial charge in [-0.25, -0.2) is 4.79 Å². The normalized spacial score (nSPS) is 14.0. The molecular weight excluding hydrogens is 404 g/mol. The Morgan fingerprint density at radius 3 is 2.34 bits per heavy atom.